The molecule has 1 aliphatic rings. The molecule has 1 atom stereocenters. The molecule has 0 spiro atoms. The van der Waals surface area contributed by atoms with E-state index < -0.39 is 0 Å². The van der Waals surface area contributed by atoms with Crippen LogP contribution in [0.1, 0.15) is 19.3 Å². The minimum Gasteiger partial charge on any atom is -0.378 e. The van der Waals surface area contributed by atoms with Crippen molar-refractivity contribution < 1.29 is 10.5 Å². The molecule has 0 saturated carbocycles. The van der Waals surface area contributed by atoms with Crippen LogP contribution in [0.3, 0.4) is 0 Å². The van der Waals surface area contributed by atoms with Gasteiger partial charge < -0.3 is 10.5 Å². The molecular formula is C6H14NO+. The summed E-state index contributed by atoms with van der Waals surface area (Å²) < 4.78 is 5.35. The zero-order chi connectivity index (χ0) is 5.82. The molecule has 1 heterocycles. The van der Waals surface area contributed by atoms with E-state index in [2.05, 4.69) is 5.73 Å². The Kier molecular flexibility index (Phi) is 2.30. The van der Waals surface area contributed by atoms with Crippen molar-refractivity contribution in [2.24, 2.45) is 0 Å². The Morgan fingerprint density at radius 1 is 1.62 bits per heavy atom. The maximum Gasteiger partial charge on any atom is 0.0764 e. The summed E-state index contributed by atoms with van der Waals surface area (Å²) in [5.74, 6) is 0. The number of hydrogen-bond acceptors (Lipinski definition) is 1. The molecule has 1 rings (SSSR count). The van der Waals surface area contributed by atoms with Crippen LogP contribution in [0.15, 0.2) is 0 Å². The summed E-state index contributed by atoms with van der Waals surface area (Å²) in [6, 6.07) is 0. The van der Waals surface area contributed by atoms with Crippen LogP contribution in [-0.4, -0.2) is 19.3 Å². The molecule has 0 aliphatic carbocycles. The third-order valence-corrected chi connectivity index (χ3v) is 1.55. The summed E-state index contributed by atoms with van der Waals surface area (Å²) in [7, 11) is 0. The van der Waals surface area contributed by atoms with Crippen molar-refractivity contribution in [1.82, 2.24) is 0 Å². The van der Waals surface area contributed by atoms with Gasteiger partial charge in [0.25, 0.3) is 0 Å². The molecule has 1 saturated heterocycles. The van der Waals surface area contributed by atoms with Crippen LogP contribution in [0.5, 0.6) is 0 Å². The first kappa shape index (κ1) is 6.05. The summed E-state index contributed by atoms with van der Waals surface area (Å²) in [6.07, 6.45) is 4.22. The second-order valence-electron chi connectivity index (χ2n) is 2.28. The van der Waals surface area contributed by atoms with Gasteiger partial charge in [-0.1, -0.05) is 0 Å². The molecule has 0 amide bonds. The monoisotopic (exact) mass is 116 g/mol. The van der Waals surface area contributed by atoms with Gasteiger partial charge in [0.05, 0.1) is 12.6 Å². The Bertz CT molecular complexity index is 59.5. The third-order valence-electron chi connectivity index (χ3n) is 1.55. The molecule has 2 heteroatoms. The summed E-state index contributed by atoms with van der Waals surface area (Å²) >= 11 is 0. The van der Waals surface area contributed by atoms with Gasteiger partial charge in [-0.15, -0.1) is 0 Å². The summed E-state index contributed by atoms with van der Waals surface area (Å²) in [5.41, 5.74) is 3.77. The maximum absolute atomic E-state index is 5.35. The van der Waals surface area contributed by atoms with Gasteiger partial charge >= 0.3 is 0 Å². The maximum atomic E-state index is 5.35. The van der Waals surface area contributed by atoms with Gasteiger partial charge in [-0.2, -0.15) is 0 Å². The number of ether oxygens (including phenoxy) is 1. The molecule has 0 aromatic carbocycles. The SMILES string of the molecule is [NH3+]CC[C@H]1CCCO1. The van der Waals surface area contributed by atoms with Gasteiger partial charge in [0.2, 0.25) is 0 Å². The molecule has 1 aliphatic heterocycles. The molecule has 0 aromatic heterocycles. The van der Waals surface area contributed by atoms with Crippen molar-refractivity contribution in [3.63, 3.8) is 0 Å². The van der Waals surface area contributed by atoms with Crippen LogP contribution in [-0.2, 0) is 4.74 Å². The second kappa shape index (κ2) is 3.05. The van der Waals surface area contributed by atoms with E-state index in [9.17, 15) is 0 Å². The van der Waals surface area contributed by atoms with Crippen LogP contribution >= 0.6 is 0 Å². The molecular weight excluding hydrogens is 102 g/mol. The lowest BCUT2D eigenvalue weighted by Crippen LogP contribution is -2.51. The van der Waals surface area contributed by atoms with E-state index in [1.807, 2.05) is 0 Å². The van der Waals surface area contributed by atoms with Crippen LogP contribution in [0.2, 0.25) is 0 Å². The molecule has 0 unspecified atom stereocenters. The normalized spacial score (nSPS) is 28.9. The zero-order valence-electron chi connectivity index (χ0n) is 5.23. The fourth-order valence-corrected chi connectivity index (χ4v) is 1.10. The smallest absolute Gasteiger partial charge is 0.0764 e. The van der Waals surface area contributed by atoms with Crippen molar-refractivity contribution in [3.05, 3.63) is 0 Å². The fraction of sp³-hybridized carbons (Fsp3) is 1.00. The Balaban J connectivity index is 2.06. The highest BCUT2D eigenvalue weighted by molar-refractivity contribution is 4.62. The van der Waals surface area contributed by atoms with Crippen molar-refractivity contribution >= 4 is 0 Å². The summed E-state index contributed by atoms with van der Waals surface area (Å²) in [6.45, 7) is 2.00. The van der Waals surface area contributed by atoms with Gasteiger partial charge in [0.15, 0.2) is 0 Å². The van der Waals surface area contributed by atoms with Gasteiger partial charge in [-0.3, -0.25) is 0 Å². The van der Waals surface area contributed by atoms with E-state index in [1.54, 1.807) is 0 Å². The fourth-order valence-electron chi connectivity index (χ4n) is 1.10. The van der Waals surface area contributed by atoms with Crippen molar-refractivity contribution in [2.45, 2.75) is 25.4 Å². The second-order valence-corrected chi connectivity index (χ2v) is 2.28. The molecule has 0 bridgehead atoms. The topological polar surface area (TPSA) is 36.9 Å². The van der Waals surface area contributed by atoms with Gasteiger partial charge in [0.1, 0.15) is 0 Å². The van der Waals surface area contributed by atoms with Crippen molar-refractivity contribution in [2.75, 3.05) is 13.2 Å². The van der Waals surface area contributed by atoms with E-state index in [0.717, 1.165) is 19.6 Å². The Hall–Kier alpha value is -0.0800. The zero-order valence-corrected chi connectivity index (χ0v) is 5.23. The summed E-state index contributed by atoms with van der Waals surface area (Å²) in [4.78, 5) is 0. The first-order valence-corrected chi connectivity index (χ1v) is 3.34. The minimum absolute atomic E-state index is 0.549. The molecule has 3 N–H and O–H groups in total. The first-order chi connectivity index (χ1) is 3.93. The molecule has 1 fully saturated rings. The quantitative estimate of drug-likeness (QED) is 0.533. The predicted molar refractivity (Wildman–Crippen MR) is 31.3 cm³/mol. The van der Waals surface area contributed by atoms with Gasteiger partial charge in [-0.05, 0) is 12.8 Å². The van der Waals surface area contributed by atoms with E-state index >= 15 is 0 Å². The Morgan fingerprint density at radius 3 is 3.00 bits per heavy atom. The van der Waals surface area contributed by atoms with E-state index in [0.29, 0.717) is 6.10 Å². The predicted octanol–water partition coefficient (Wildman–Crippen LogP) is -0.203. The van der Waals surface area contributed by atoms with Crippen LogP contribution in [0.4, 0.5) is 0 Å². The Labute approximate surface area is 50.0 Å². The van der Waals surface area contributed by atoms with Crippen LogP contribution in [0, 0.1) is 0 Å². The standard InChI is InChI=1S/C6H13NO/c7-4-3-6-2-1-5-8-6/h6H,1-5,7H2/p+1/t6-/m1/s1. The van der Waals surface area contributed by atoms with Gasteiger partial charge in [0, 0.05) is 13.0 Å². The molecule has 0 radical (unpaired) electrons. The lowest BCUT2D eigenvalue weighted by molar-refractivity contribution is -0.371. The molecule has 8 heavy (non-hydrogen) atoms. The number of rotatable bonds is 2. The largest absolute Gasteiger partial charge is 0.378 e. The van der Waals surface area contributed by atoms with Gasteiger partial charge in [-0.25, -0.2) is 0 Å². The third kappa shape index (κ3) is 1.46. The molecule has 48 valence electrons. The van der Waals surface area contributed by atoms with E-state index in [1.165, 1.54) is 12.8 Å². The minimum atomic E-state index is 0.549. The van der Waals surface area contributed by atoms with E-state index in [4.69, 9.17) is 4.74 Å². The average Bonchev–Trinajstić information content (AvgIpc) is 2.19. The lowest BCUT2D eigenvalue weighted by Gasteiger charge is -2.03. The highest BCUT2D eigenvalue weighted by Crippen LogP contribution is 2.13. The molecule has 2 nitrogen and oxygen atoms in total. The molecule has 0 aromatic rings. The van der Waals surface area contributed by atoms with Crippen molar-refractivity contribution in [1.29, 1.82) is 0 Å². The van der Waals surface area contributed by atoms with Crippen LogP contribution < -0.4 is 5.73 Å². The highest BCUT2D eigenvalue weighted by atomic mass is 16.5. The first-order valence-electron chi connectivity index (χ1n) is 3.34. The average molecular weight is 116 g/mol. The Morgan fingerprint density at radius 2 is 2.50 bits per heavy atom. The summed E-state index contributed by atoms with van der Waals surface area (Å²) in [5, 5.41) is 0. The highest BCUT2D eigenvalue weighted by Gasteiger charge is 2.13. The number of hydrogen-bond donors (Lipinski definition) is 1. The van der Waals surface area contributed by atoms with E-state index in [-0.39, 0.29) is 0 Å². The van der Waals surface area contributed by atoms with Crippen molar-refractivity contribution in [3.8, 4) is 0 Å². The van der Waals surface area contributed by atoms with Crippen LogP contribution in [0.25, 0.3) is 0 Å². The lowest BCUT2D eigenvalue weighted by atomic mass is 10.2. The number of quaternary nitrogens is 1.